The van der Waals surface area contributed by atoms with Crippen LogP contribution in [0.5, 0.6) is 0 Å². The first-order valence-electron chi connectivity index (χ1n) is 10.1. The van der Waals surface area contributed by atoms with Gasteiger partial charge in [-0.25, -0.2) is 0 Å². The molecule has 1 heterocycles. The summed E-state index contributed by atoms with van der Waals surface area (Å²) in [5.41, 5.74) is 1.56. The largest absolute Gasteiger partial charge is 0.352 e. The van der Waals surface area contributed by atoms with Gasteiger partial charge in [-0.15, -0.1) is 11.3 Å². The van der Waals surface area contributed by atoms with E-state index in [4.69, 9.17) is 0 Å². The van der Waals surface area contributed by atoms with Gasteiger partial charge in [-0.2, -0.15) is 0 Å². The number of rotatable bonds is 12. The molecule has 2 aromatic rings. The Hall–Kier alpha value is -2.80. The maximum absolute atomic E-state index is 12.0. The van der Waals surface area contributed by atoms with Crippen LogP contribution in [-0.4, -0.2) is 23.4 Å². The van der Waals surface area contributed by atoms with Gasteiger partial charge in [-0.3, -0.25) is 19.2 Å². The van der Waals surface area contributed by atoms with Crippen molar-refractivity contribution >= 4 is 40.4 Å². The summed E-state index contributed by atoms with van der Waals surface area (Å²) in [6.45, 7) is 4.20. The summed E-state index contributed by atoms with van der Waals surface area (Å²) < 4.78 is 0. The second kappa shape index (κ2) is 12.0. The highest BCUT2D eigenvalue weighted by Crippen LogP contribution is 2.18. The highest BCUT2D eigenvalue weighted by atomic mass is 32.1. The predicted octanol–water partition coefficient (Wildman–Crippen LogP) is 4.42. The molecule has 0 aliphatic heterocycles. The Labute approximate surface area is 181 Å². The lowest BCUT2D eigenvalue weighted by Gasteiger charge is -2.08. The van der Waals surface area contributed by atoms with Crippen LogP contribution in [0.2, 0.25) is 0 Å². The summed E-state index contributed by atoms with van der Waals surface area (Å²) in [7, 11) is 0. The van der Waals surface area contributed by atoms with Crippen molar-refractivity contribution in [2.24, 2.45) is 0 Å². The van der Waals surface area contributed by atoms with E-state index in [9.17, 15) is 19.2 Å². The molecule has 30 heavy (non-hydrogen) atoms. The Kier molecular flexibility index (Phi) is 9.41. The molecule has 2 amide bonds. The standard InChI is InChI=1S/C23H28N2O4S/c1-3-5-23(29)25-18-7-4-6-17(14-18)15-24-22(28)13-10-19(26)9-11-20(27)21-12-8-16(2)30-21/h4,6-8,12,14H,3,5,9-11,13,15H2,1-2H3,(H,24,28)(H,25,29). The fourth-order valence-electron chi connectivity index (χ4n) is 2.84. The van der Waals surface area contributed by atoms with Gasteiger partial charge in [0, 0.05) is 49.2 Å². The highest BCUT2D eigenvalue weighted by molar-refractivity contribution is 7.14. The zero-order chi connectivity index (χ0) is 21.9. The van der Waals surface area contributed by atoms with E-state index in [2.05, 4.69) is 10.6 Å². The second-order valence-corrected chi connectivity index (χ2v) is 8.44. The number of carbonyl (C=O) groups is 4. The van der Waals surface area contributed by atoms with Crippen molar-refractivity contribution < 1.29 is 19.2 Å². The molecule has 1 aromatic carbocycles. The normalized spacial score (nSPS) is 10.5. The molecular formula is C23H28N2O4S. The average molecular weight is 429 g/mol. The number of amides is 2. The van der Waals surface area contributed by atoms with E-state index < -0.39 is 0 Å². The van der Waals surface area contributed by atoms with Crippen molar-refractivity contribution in [2.75, 3.05) is 5.32 Å². The number of nitrogens with one attached hydrogen (secondary N) is 2. The summed E-state index contributed by atoms with van der Waals surface area (Å²) in [4.78, 5) is 49.5. The third kappa shape index (κ3) is 8.29. The Morgan fingerprint density at radius 1 is 0.900 bits per heavy atom. The highest BCUT2D eigenvalue weighted by Gasteiger charge is 2.12. The van der Waals surface area contributed by atoms with Gasteiger partial charge >= 0.3 is 0 Å². The Balaban J connectivity index is 1.68. The number of carbonyl (C=O) groups excluding carboxylic acids is 4. The van der Waals surface area contributed by atoms with Gasteiger partial charge in [-0.05, 0) is 43.2 Å². The fraction of sp³-hybridized carbons (Fsp3) is 0.391. The van der Waals surface area contributed by atoms with E-state index in [1.807, 2.05) is 38.1 Å². The van der Waals surface area contributed by atoms with Crippen molar-refractivity contribution in [2.45, 2.75) is 58.9 Å². The summed E-state index contributed by atoms with van der Waals surface area (Å²) >= 11 is 1.43. The topological polar surface area (TPSA) is 92.3 Å². The minimum Gasteiger partial charge on any atom is -0.352 e. The number of benzene rings is 1. The number of anilines is 1. The zero-order valence-corrected chi connectivity index (χ0v) is 18.3. The molecule has 2 N–H and O–H groups in total. The maximum atomic E-state index is 12.0. The van der Waals surface area contributed by atoms with E-state index in [-0.39, 0.29) is 49.1 Å². The molecule has 0 radical (unpaired) electrons. The van der Waals surface area contributed by atoms with Crippen molar-refractivity contribution in [1.29, 1.82) is 0 Å². The van der Waals surface area contributed by atoms with Gasteiger partial charge < -0.3 is 10.6 Å². The third-order valence-corrected chi connectivity index (χ3v) is 5.50. The molecule has 0 fully saturated rings. The third-order valence-electron chi connectivity index (χ3n) is 4.45. The van der Waals surface area contributed by atoms with Crippen LogP contribution in [0, 0.1) is 6.92 Å². The molecule has 160 valence electrons. The smallest absolute Gasteiger partial charge is 0.224 e. The van der Waals surface area contributed by atoms with E-state index in [1.54, 1.807) is 12.1 Å². The van der Waals surface area contributed by atoms with Crippen molar-refractivity contribution in [3.8, 4) is 0 Å². The van der Waals surface area contributed by atoms with Gasteiger partial charge in [0.2, 0.25) is 11.8 Å². The summed E-state index contributed by atoms with van der Waals surface area (Å²) in [6.07, 6.45) is 1.79. The first-order valence-corrected chi connectivity index (χ1v) is 11.0. The average Bonchev–Trinajstić information content (AvgIpc) is 3.15. The minimum absolute atomic E-state index is 0.0307. The molecular weight excluding hydrogens is 400 g/mol. The van der Waals surface area contributed by atoms with Crippen molar-refractivity contribution in [1.82, 2.24) is 5.32 Å². The second-order valence-electron chi connectivity index (χ2n) is 7.15. The zero-order valence-electron chi connectivity index (χ0n) is 17.5. The monoisotopic (exact) mass is 428 g/mol. The summed E-state index contributed by atoms with van der Waals surface area (Å²) in [5.74, 6) is -0.377. The lowest BCUT2D eigenvalue weighted by Crippen LogP contribution is -2.23. The molecule has 6 nitrogen and oxygen atoms in total. The Morgan fingerprint density at radius 2 is 1.67 bits per heavy atom. The van der Waals surface area contributed by atoms with Crippen molar-refractivity contribution in [3.05, 3.63) is 51.7 Å². The first kappa shape index (κ1) is 23.5. The van der Waals surface area contributed by atoms with E-state index in [0.717, 1.165) is 16.9 Å². The van der Waals surface area contributed by atoms with Gasteiger partial charge in [-0.1, -0.05) is 19.1 Å². The lowest BCUT2D eigenvalue weighted by molar-refractivity contribution is -0.125. The summed E-state index contributed by atoms with van der Waals surface area (Å²) in [6, 6.07) is 11.0. The lowest BCUT2D eigenvalue weighted by atomic mass is 10.1. The maximum Gasteiger partial charge on any atom is 0.224 e. The molecule has 7 heteroatoms. The predicted molar refractivity (Wildman–Crippen MR) is 119 cm³/mol. The fourth-order valence-corrected chi connectivity index (χ4v) is 3.67. The van der Waals surface area contributed by atoms with Gasteiger partial charge in [0.1, 0.15) is 5.78 Å². The van der Waals surface area contributed by atoms with Crippen molar-refractivity contribution in [3.63, 3.8) is 0 Å². The molecule has 0 atom stereocenters. The molecule has 1 aromatic heterocycles. The van der Waals surface area contributed by atoms with Crippen LogP contribution in [0.15, 0.2) is 36.4 Å². The molecule has 0 unspecified atom stereocenters. The SMILES string of the molecule is CCCC(=O)Nc1cccc(CNC(=O)CCC(=O)CCC(=O)c2ccc(C)s2)c1. The number of ketones is 2. The molecule has 0 aliphatic carbocycles. The summed E-state index contributed by atoms with van der Waals surface area (Å²) in [5, 5.41) is 5.61. The number of thiophene rings is 1. The van der Waals surface area contributed by atoms with Crippen LogP contribution in [0.3, 0.4) is 0 Å². The Bertz CT molecular complexity index is 904. The number of Topliss-reactive ketones (excluding diaryl/α,β-unsaturated/α-hetero) is 2. The molecule has 0 saturated carbocycles. The number of aryl methyl sites for hydroxylation is 1. The van der Waals surface area contributed by atoms with Gasteiger partial charge in [0.25, 0.3) is 0 Å². The van der Waals surface area contributed by atoms with Crippen LogP contribution >= 0.6 is 11.3 Å². The van der Waals surface area contributed by atoms with E-state index in [1.165, 1.54) is 11.3 Å². The van der Waals surface area contributed by atoms with E-state index in [0.29, 0.717) is 23.5 Å². The van der Waals surface area contributed by atoms with E-state index >= 15 is 0 Å². The quantitative estimate of drug-likeness (QED) is 0.489. The molecule has 0 aliphatic rings. The first-order chi connectivity index (χ1) is 14.4. The number of hydrogen-bond donors (Lipinski definition) is 2. The number of hydrogen-bond acceptors (Lipinski definition) is 5. The minimum atomic E-state index is -0.219. The van der Waals surface area contributed by atoms with Crippen LogP contribution < -0.4 is 10.6 Å². The van der Waals surface area contributed by atoms with Crippen LogP contribution in [0.4, 0.5) is 5.69 Å². The van der Waals surface area contributed by atoms with Crippen LogP contribution in [0.25, 0.3) is 0 Å². The molecule has 2 rings (SSSR count). The van der Waals surface area contributed by atoms with Gasteiger partial charge in [0.05, 0.1) is 4.88 Å². The molecule has 0 saturated heterocycles. The van der Waals surface area contributed by atoms with Gasteiger partial charge in [0.15, 0.2) is 5.78 Å². The molecule has 0 bridgehead atoms. The van der Waals surface area contributed by atoms with Crippen LogP contribution in [0.1, 0.15) is 65.6 Å². The van der Waals surface area contributed by atoms with Crippen LogP contribution in [-0.2, 0) is 20.9 Å². The Morgan fingerprint density at radius 3 is 2.37 bits per heavy atom. The molecule has 0 spiro atoms.